The van der Waals surface area contributed by atoms with Crippen LogP contribution in [0.1, 0.15) is 20.3 Å². The molecule has 0 N–H and O–H groups in total. The first kappa shape index (κ1) is 11.6. The minimum absolute atomic E-state index is 0.153. The monoisotopic (exact) mass is 214 g/mol. The van der Waals surface area contributed by atoms with E-state index in [1.165, 1.54) is 13.8 Å². The second kappa shape index (κ2) is 5.38. The van der Waals surface area contributed by atoms with E-state index in [2.05, 4.69) is 0 Å². The molecule has 0 radical (unpaired) electrons. The van der Waals surface area contributed by atoms with Crippen LogP contribution in [-0.2, 0) is 23.8 Å². The van der Waals surface area contributed by atoms with E-state index < -0.39 is 0 Å². The quantitative estimate of drug-likeness (QED) is 0.647. The van der Waals surface area contributed by atoms with E-state index >= 15 is 0 Å². The van der Waals surface area contributed by atoms with Gasteiger partial charge in [0, 0.05) is 25.8 Å². The third-order valence-electron chi connectivity index (χ3n) is 1.85. The van der Waals surface area contributed by atoms with Gasteiger partial charge in [-0.3, -0.25) is 9.59 Å². The Morgan fingerprint density at radius 1 is 1.40 bits per heavy atom. The molecule has 0 bridgehead atoms. The number of esters is 2. The van der Waals surface area contributed by atoms with Crippen molar-refractivity contribution >= 4 is 11.9 Å². The van der Waals surface area contributed by atoms with Crippen molar-refractivity contribution in [3.05, 3.63) is 11.8 Å². The summed E-state index contributed by atoms with van der Waals surface area (Å²) in [5, 5.41) is 0. The lowest BCUT2D eigenvalue weighted by Gasteiger charge is -2.09. The van der Waals surface area contributed by atoms with Crippen LogP contribution in [0.15, 0.2) is 11.8 Å². The third-order valence-corrected chi connectivity index (χ3v) is 1.85. The fourth-order valence-corrected chi connectivity index (χ4v) is 1.18. The molecule has 0 unspecified atom stereocenters. The lowest BCUT2D eigenvalue weighted by molar-refractivity contribution is -0.143. The summed E-state index contributed by atoms with van der Waals surface area (Å²) < 4.78 is 14.8. The number of hydrogen-bond acceptors (Lipinski definition) is 5. The number of hydrogen-bond donors (Lipinski definition) is 0. The molecule has 0 aliphatic carbocycles. The maximum atomic E-state index is 10.5. The molecule has 0 aromatic heterocycles. The Morgan fingerprint density at radius 3 is 2.67 bits per heavy atom. The molecule has 0 aromatic rings. The smallest absolute Gasteiger partial charge is 0.302 e. The fraction of sp³-hybridized carbons (Fsp3) is 0.600. The molecule has 5 heteroatoms. The molecule has 1 aliphatic heterocycles. The molecule has 0 amide bonds. The van der Waals surface area contributed by atoms with Crippen LogP contribution in [0.5, 0.6) is 0 Å². The van der Waals surface area contributed by atoms with Crippen LogP contribution in [0.4, 0.5) is 0 Å². The Hall–Kier alpha value is -1.52. The molecule has 15 heavy (non-hydrogen) atoms. The van der Waals surface area contributed by atoms with Gasteiger partial charge in [-0.2, -0.15) is 0 Å². The zero-order valence-corrected chi connectivity index (χ0v) is 8.82. The first-order valence-electron chi connectivity index (χ1n) is 4.68. The first-order chi connectivity index (χ1) is 7.08. The summed E-state index contributed by atoms with van der Waals surface area (Å²) in [7, 11) is 0. The number of carbonyl (C=O) groups is 2. The van der Waals surface area contributed by atoms with Crippen LogP contribution in [0.2, 0.25) is 0 Å². The van der Waals surface area contributed by atoms with Gasteiger partial charge in [0.2, 0.25) is 0 Å². The zero-order valence-electron chi connectivity index (χ0n) is 8.82. The summed E-state index contributed by atoms with van der Waals surface area (Å²) in [4.78, 5) is 21.1. The molecule has 0 fully saturated rings. The highest BCUT2D eigenvalue weighted by molar-refractivity contribution is 5.66. The van der Waals surface area contributed by atoms with Crippen molar-refractivity contribution < 1.29 is 23.8 Å². The van der Waals surface area contributed by atoms with Crippen LogP contribution < -0.4 is 0 Å². The normalized spacial score (nSPS) is 19.1. The molecule has 1 aliphatic rings. The lowest BCUT2D eigenvalue weighted by atomic mass is 10.2. The molecule has 0 saturated heterocycles. The van der Waals surface area contributed by atoms with Crippen molar-refractivity contribution in [3.8, 4) is 0 Å². The Balaban J connectivity index is 2.19. The molecule has 1 atom stereocenters. The van der Waals surface area contributed by atoms with E-state index in [1.807, 2.05) is 0 Å². The van der Waals surface area contributed by atoms with Crippen molar-refractivity contribution in [1.29, 1.82) is 0 Å². The van der Waals surface area contributed by atoms with E-state index in [4.69, 9.17) is 14.2 Å². The summed E-state index contributed by atoms with van der Waals surface area (Å²) in [6.45, 7) is 3.18. The first-order valence-corrected chi connectivity index (χ1v) is 4.68. The van der Waals surface area contributed by atoms with Crippen molar-refractivity contribution in [2.45, 2.75) is 26.4 Å². The van der Waals surface area contributed by atoms with E-state index in [1.54, 1.807) is 6.26 Å². The standard InChI is InChI=1S/C10H14O5/c1-7(11)13-4-9-3-10(15-5-9)6-14-8(2)12/h5,10H,3-4,6H2,1-2H3/t10-/m0/s1. The Bertz CT molecular complexity index is 282. The number of ether oxygens (including phenoxy) is 3. The fourth-order valence-electron chi connectivity index (χ4n) is 1.18. The zero-order chi connectivity index (χ0) is 11.3. The highest BCUT2D eigenvalue weighted by Crippen LogP contribution is 2.18. The van der Waals surface area contributed by atoms with Crippen molar-refractivity contribution in [1.82, 2.24) is 0 Å². The van der Waals surface area contributed by atoms with Gasteiger partial charge in [0.15, 0.2) is 0 Å². The molecule has 1 heterocycles. The average molecular weight is 214 g/mol. The molecule has 84 valence electrons. The van der Waals surface area contributed by atoms with E-state index in [0.717, 1.165) is 5.57 Å². The predicted molar refractivity (Wildman–Crippen MR) is 50.8 cm³/mol. The van der Waals surface area contributed by atoms with Crippen LogP contribution in [0.3, 0.4) is 0 Å². The maximum absolute atomic E-state index is 10.5. The predicted octanol–water partition coefficient (Wildman–Crippen LogP) is 0.785. The van der Waals surface area contributed by atoms with Crippen LogP contribution in [0, 0.1) is 0 Å². The number of carbonyl (C=O) groups excluding carboxylic acids is 2. The minimum Gasteiger partial charge on any atom is -0.494 e. The molecule has 0 spiro atoms. The van der Waals surface area contributed by atoms with Gasteiger partial charge in [0.05, 0.1) is 6.26 Å². The largest absolute Gasteiger partial charge is 0.494 e. The van der Waals surface area contributed by atoms with E-state index in [0.29, 0.717) is 6.42 Å². The highest BCUT2D eigenvalue weighted by atomic mass is 16.6. The molecule has 0 aromatic carbocycles. The summed E-state index contributed by atoms with van der Waals surface area (Å²) >= 11 is 0. The SMILES string of the molecule is CC(=O)OCC1=CO[C@H](COC(C)=O)C1. The van der Waals surface area contributed by atoms with Gasteiger partial charge in [-0.05, 0) is 0 Å². The summed E-state index contributed by atoms with van der Waals surface area (Å²) in [6, 6.07) is 0. The van der Waals surface area contributed by atoms with Crippen LogP contribution >= 0.6 is 0 Å². The average Bonchev–Trinajstić information content (AvgIpc) is 2.59. The second-order valence-electron chi connectivity index (χ2n) is 3.32. The van der Waals surface area contributed by atoms with Gasteiger partial charge in [0.1, 0.15) is 19.3 Å². The van der Waals surface area contributed by atoms with Crippen molar-refractivity contribution in [3.63, 3.8) is 0 Å². The Kier molecular flexibility index (Phi) is 4.15. The van der Waals surface area contributed by atoms with Crippen molar-refractivity contribution in [2.24, 2.45) is 0 Å². The summed E-state index contributed by atoms with van der Waals surface area (Å²) in [5.41, 5.74) is 0.891. The summed E-state index contributed by atoms with van der Waals surface area (Å²) in [6.07, 6.45) is 2.02. The van der Waals surface area contributed by atoms with Gasteiger partial charge < -0.3 is 14.2 Å². The van der Waals surface area contributed by atoms with Crippen LogP contribution in [0.25, 0.3) is 0 Å². The van der Waals surface area contributed by atoms with Gasteiger partial charge in [-0.25, -0.2) is 0 Å². The second-order valence-corrected chi connectivity index (χ2v) is 3.32. The molecular weight excluding hydrogens is 200 g/mol. The minimum atomic E-state index is -0.327. The molecule has 0 saturated carbocycles. The number of rotatable bonds is 4. The Morgan fingerprint density at radius 2 is 2.07 bits per heavy atom. The van der Waals surface area contributed by atoms with Gasteiger partial charge >= 0.3 is 11.9 Å². The van der Waals surface area contributed by atoms with Gasteiger partial charge in [0.25, 0.3) is 0 Å². The summed E-state index contributed by atoms with van der Waals surface area (Å²) in [5.74, 6) is -0.647. The Labute approximate surface area is 88.0 Å². The topological polar surface area (TPSA) is 61.8 Å². The molecule has 5 nitrogen and oxygen atoms in total. The van der Waals surface area contributed by atoms with E-state index in [-0.39, 0.29) is 31.3 Å². The third kappa shape index (κ3) is 4.49. The molecular formula is C10H14O5. The van der Waals surface area contributed by atoms with Crippen LogP contribution in [-0.4, -0.2) is 31.3 Å². The van der Waals surface area contributed by atoms with E-state index in [9.17, 15) is 9.59 Å². The maximum Gasteiger partial charge on any atom is 0.302 e. The van der Waals surface area contributed by atoms with Gasteiger partial charge in [-0.1, -0.05) is 0 Å². The van der Waals surface area contributed by atoms with Crippen molar-refractivity contribution in [2.75, 3.05) is 13.2 Å². The van der Waals surface area contributed by atoms with Gasteiger partial charge in [-0.15, -0.1) is 0 Å². The highest BCUT2D eigenvalue weighted by Gasteiger charge is 2.20. The molecule has 1 rings (SSSR count). The lowest BCUT2D eigenvalue weighted by Crippen LogP contribution is -2.17.